The van der Waals surface area contributed by atoms with Gasteiger partial charge in [-0.05, 0) is 45.7 Å². The second kappa shape index (κ2) is 6.41. The number of thiazole rings is 1. The van der Waals surface area contributed by atoms with E-state index in [0.29, 0.717) is 0 Å². The van der Waals surface area contributed by atoms with Gasteiger partial charge in [-0.1, -0.05) is 0 Å². The molecule has 112 valence electrons. The van der Waals surface area contributed by atoms with Crippen molar-refractivity contribution in [2.24, 2.45) is 5.92 Å². The van der Waals surface area contributed by atoms with Gasteiger partial charge in [0.25, 0.3) is 0 Å². The van der Waals surface area contributed by atoms with Crippen LogP contribution in [0.25, 0.3) is 0 Å². The fourth-order valence-electron chi connectivity index (χ4n) is 2.88. The summed E-state index contributed by atoms with van der Waals surface area (Å²) in [7, 11) is 4.35. The molecular weight excluding hydrogens is 268 g/mol. The number of hydrogen-bond donors (Lipinski definition) is 1. The lowest BCUT2D eigenvalue weighted by Crippen LogP contribution is -2.37. The summed E-state index contributed by atoms with van der Waals surface area (Å²) >= 11 is 1.81. The first-order valence-electron chi connectivity index (χ1n) is 7.78. The molecule has 5 heteroatoms. The van der Waals surface area contributed by atoms with E-state index in [9.17, 15) is 0 Å². The minimum Gasteiger partial charge on any atom is -0.348 e. The van der Waals surface area contributed by atoms with Gasteiger partial charge in [0.05, 0.1) is 5.69 Å². The molecular formula is C15H26N4S. The van der Waals surface area contributed by atoms with Gasteiger partial charge in [-0.15, -0.1) is 11.3 Å². The van der Waals surface area contributed by atoms with Crippen molar-refractivity contribution in [3.05, 3.63) is 11.1 Å². The fourth-order valence-corrected chi connectivity index (χ4v) is 3.76. The third-order valence-corrected chi connectivity index (χ3v) is 5.15. The zero-order chi connectivity index (χ0) is 13.9. The lowest BCUT2D eigenvalue weighted by molar-refractivity contribution is 0.285. The highest BCUT2D eigenvalue weighted by Crippen LogP contribution is 2.27. The molecule has 1 saturated carbocycles. The Labute approximate surface area is 126 Å². The molecule has 2 fully saturated rings. The Balaban J connectivity index is 1.47. The molecule has 1 aliphatic heterocycles. The van der Waals surface area contributed by atoms with E-state index in [4.69, 9.17) is 4.98 Å². The van der Waals surface area contributed by atoms with E-state index >= 15 is 0 Å². The van der Waals surface area contributed by atoms with Gasteiger partial charge >= 0.3 is 0 Å². The van der Waals surface area contributed by atoms with E-state index in [1.54, 1.807) is 0 Å². The molecule has 0 aromatic carbocycles. The number of piperidine rings is 1. The van der Waals surface area contributed by atoms with Gasteiger partial charge < -0.3 is 15.1 Å². The molecule has 1 aromatic rings. The summed E-state index contributed by atoms with van der Waals surface area (Å²) in [6, 6.07) is 0.766. The lowest BCUT2D eigenvalue weighted by Gasteiger charge is -2.33. The number of nitrogens with one attached hydrogen (secondary N) is 1. The van der Waals surface area contributed by atoms with E-state index in [0.717, 1.165) is 18.5 Å². The lowest BCUT2D eigenvalue weighted by atomic mass is 9.97. The van der Waals surface area contributed by atoms with Crippen LogP contribution in [0.3, 0.4) is 0 Å². The van der Waals surface area contributed by atoms with Crippen LogP contribution in [0.1, 0.15) is 31.4 Å². The van der Waals surface area contributed by atoms with Crippen LogP contribution in [0.15, 0.2) is 5.38 Å². The first-order chi connectivity index (χ1) is 9.70. The SMILES string of the molecule is CN(C)CC1CCN(c2nc(CNC3CC3)cs2)CC1. The highest BCUT2D eigenvalue weighted by Gasteiger charge is 2.23. The molecule has 4 nitrogen and oxygen atoms in total. The summed E-state index contributed by atoms with van der Waals surface area (Å²) in [4.78, 5) is 9.57. The molecule has 0 radical (unpaired) electrons. The maximum absolute atomic E-state index is 4.79. The molecule has 0 spiro atoms. The summed E-state index contributed by atoms with van der Waals surface area (Å²) in [6.07, 6.45) is 5.29. The highest BCUT2D eigenvalue weighted by molar-refractivity contribution is 7.13. The van der Waals surface area contributed by atoms with Crippen LogP contribution in [-0.2, 0) is 6.54 Å². The summed E-state index contributed by atoms with van der Waals surface area (Å²) in [5.41, 5.74) is 1.22. The standard InChI is InChI=1S/C15H26N4S/c1-18(2)10-12-5-7-19(8-6-12)15-17-14(11-20-15)9-16-13-3-4-13/h11-13,16H,3-10H2,1-2H3. The van der Waals surface area contributed by atoms with Gasteiger partial charge in [0, 0.05) is 37.6 Å². The molecule has 20 heavy (non-hydrogen) atoms. The fraction of sp³-hybridized carbons (Fsp3) is 0.800. The molecule has 1 aromatic heterocycles. The normalized spacial score (nSPS) is 20.9. The predicted molar refractivity (Wildman–Crippen MR) is 85.5 cm³/mol. The van der Waals surface area contributed by atoms with Crippen LogP contribution in [0, 0.1) is 5.92 Å². The van der Waals surface area contributed by atoms with E-state index < -0.39 is 0 Å². The van der Waals surface area contributed by atoms with Crippen molar-refractivity contribution in [3.63, 3.8) is 0 Å². The van der Waals surface area contributed by atoms with Gasteiger partial charge in [-0.3, -0.25) is 0 Å². The number of hydrogen-bond acceptors (Lipinski definition) is 5. The largest absolute Gasteiger partial charge is 0.348 e. The Kier molecular flexibility index (Phi) is 4.58. The first kappa shape index (κ1) is 14.3. The second-order valence-electron chi connectivity index (χ2n) is 6.47. The number of nitrogens with zero attached hydrogens (tertiary/aromatic N) is 3. The molecule has 1 N–H and O–H groups in total. The first-order valence-corrected chi connectivity index (χ1v) is 8.66. The molecule has 1 saturated heterocycles. The average Bonchev–Trinajstić information content (AvgIpc) is 3.14. The maximum Gasteiger partial charge on any atom is 0.185 e. The zero-order valence-corrected chi connectivity index (χ0v) is 13.5. The van der Waals surface area contributed by atoms with Crippen molar-refractivity contribution in [3.8, 4) is 0 Å². The molecule has 3 rings (SSSR count). The summed E-state index contributed by atoms with van der Waals surface area (Å²) in [5.74, 6) is 0.859. The summed E-state index contributed by atoms with van der Waals surface area (Å²) < 4.78 is 0. The van der Waals surface area contributed by atoms with Crippen molar-refractivity contribution in [1.82, 2.24) is 15.2 Å². The van der Waals surface area contributed by atoms with Gasteiger partial charge in [-0.2, -0.15) is 0 Å². The molecule has 0 atom stereocenters. The summed E-state index contributed by atoms with van der Waals surface area (Å²) in [5, 5.41) is 6.98. The van der Waals surface area contributed by atoms with Crippen LogP contribution in [0.4, 0.5) is 5.13 Å². The van der Waals surface area contributed by atoms with Crippen molar-refractivity contribution in [2.75, 3.05) is 38.6 Å². The van der Waals surface area contributed by atoms with Gasteiger partial charge in [0.1, 0.15) is 0 Å². The van der Waals surface area contributed by atoms with Crippen LogP contribution >= 0.6 is 11.3 Å². The van der Waals surface area contributed by atoms with Crippen molar-refractivity contribution in [1.29, 1.82) is 0 Å². The zero-order valence-electron chi connectivity index (χ0n) is 12.6. The van der Waals surface area contributed by atoms with Crippen molar-refractivity contribution < 1.29 is 0 Å². The third kappa shape index (κ3) is 3.93. The highest BCUT2D eigenvalue weighted by atomic mass is 32.1. The van der Waals surface area contributed by atoms with Gasteiger partial charge in [0.15, 0.2) is 5.13 Å². The quantitative estimate of drug-likeness (QED) is 0.871. The summed E-state index contributed by atoms with van der Waals surface area (Å²) in [6.45, 7) is 4.50. The predicted octanol–water partition coefficient (Wildman–Crippen LogP) is 2.17. The second-order valence-corrected chi connectivity index (χ2v) is 7.31. The van der Waals surface area contributed by atoms with Crippen LogP contribution in [0.5, 0.6) is 0 Å². The van der Waals surface area contributed by atoms with Crippen molar-refractivity contribution in [2.45, 2.75) is 38.3 Å². The Hall–Kier alpha value is -0.650. The van der Waals surface area contributed by atoms with Gasteiger partial charge in [-0.25, -0.2) is 4.98 Å². The Morgan fingerprint density at radius 2 is 2.05 bits per heavy atom. The van der Waals surface area contributed by atoms with E-state index in [2.05, 4.69) is 34.6 Å². The van der Waals surface area contributed by atoms with E-state index in [1.807, 2.05) is 11.3 Å². The molecule has 0 amide bonds. The molecule has 2 heterocycles. The topological polar surface area (TPSA) is 31.4 Å². The Morgan fingerprint density at radius 1 is 1.30 bits per heavy atom. The minimum absolute atomic E-state index is 0.766. The van der Waals surface area contributed by atoms with Gasteiger partial charge in [0.2, 0.25) is 0 Å². The van der Waals surface area contributed by atoms with E-state index in [1.165, 1.54) is 56.1 Å². The average molecular weight is 294 g/mol. The smallest absolute Gasteiger partial charge is 0.185 e. The van der Waals surface area contributed by atoms with Crippen LogP contribution in [0.2, 0.25) is 0 Å². The van der Waals surface area contributed by atoms with E-state index in [-0.39, 0.29) is 0 Å². The van der Waals surface area contributed by atoms with Crippen LogP contribution < -0.4 is 10.2 Å². The minimum atomic E-state index is 0.766. The monoisotopic (exact) mass is 294 g/mol. The molecule has 0 unspecified atom stereocenters. The van der Waals surface area contributed by atoms with Crippen LogP contribution in [-0.4, -0.2) is 49.7 Å². The Morgan fingerprint density at radius 3 is 2.70 bits per heavy atom. The molecule has 1 aliphatic carbocycles. The third-order valence-electron chi connectivity index (χ3n) is 4.20. The molecule has 0 bridgehead atoms. The Bertz CT molecular complexity index is 419. The van der Waals surface area contributed by atoms with Crippen molar-refractivity contribution >= 4 is 16.5 Å². The number of aromatic nitrogens is 1. The molecule has 2 aliphatic rings. The number of rotatable bonds is 6. The maximum atomic E-state index is 4.79. The number of anilines is 1.